The molecule has 2 aliphatic rings. The number of hydrogen-bond acceptors (Lipinski definition) is 7. The van der Waals surface area contributed by atoms with Gasteiger partial charge in [0.2, 0.25) is 11.8 Å². The van der Waals surface area contributed by atoms with E-state index in [0.717, 1.165) is 54.0 Å². The van der Waals surface area contributed by atoms with E-state index in [0.29, 0.717) is 19.7 Å². The van der Waals surface area contributed by atoms with Crippen LogP contribution in [0.5, 0.6) is 11.5 Å². The van der Waals surface area contributed by atoms with E-state index in [1.165, 1.54) is 5.56 Å². The van der Waals surface area contributed by atoms with Crippen molar-refractivity contribution in [2.75, 3.05) is 53.0 Å². The Morgan fingerprint density at radius 2 is 1.84 bits per heavy atom. The smallest absolute Gasteiger partial charge is 0.490 e. The van der Waals surface area contributed by atoms with E-state index in [1.807, 2.05) is 47.4 Å². The number of halogens is 3. The first-order valence-corrected chi connectivity index (χ1v) is 13.6. The van der Waals surface area contributed by atoms with Crippen molar-refractivity contribution in [1.82, 2.24) is 20.1 Å². The van der Waals surface area contributed by atoms with E-state index < -0.39 is 17.7 Å². The Labute approximate surface area is 245 Å². The molecule has 1 fully saturated rings. The molecule has 0 bridgehead atoms. The maximum Gasteiger partial charge on any atom is 0.490 e. The number of nitrogens with zero attached hydrogens (tertiary/aromatic N) is 2. The molecular weight excluding hydrogens is 571 g/mol. The zero-order valence-electron chi connectivity index (χ0n) is 23.6. The summed E-state index contributed by atoms with van der Waals surface area (Å²) in [5, 5.41) is 10.9. The SMILES string of the molecule is COc1ccc2[nH]c3c(c2c1)CCN(C(=O)CNC(=O)CN)C31CCN(CCOc2ccccc2)C1.O=C(O)C(F)(F)F. The van der Waals surface area contributed by atoms with Gasteiger partial charge in [-0.25, -0.2) is 4.79 Å². The van der Waals surface area contributed by atoms with Crippen LogP contribution in [0.1, 0.15) is 17.7 Å². The molecule has 0 aliphatic carbocycles. The summed E-state index contributed by atoms with van der Waals surface area (Å²) in [4.78, 5) is 42.0. The molecule has 2 amide bonds. The molecule has 1 atom stereocenters. The number of fused-ring (bicyclic) bond motifs is 4. The highest BCUT2D eigenvalue weighted by Crippen LogP contribution is 2.45. The van der Waals surface area contributed by atoms with Crippen LogP contribution in [-0.2, 0) is 26.3 Å². The molecule has 1 unspecified atom stereocenters. The van der Waals surface area contributed by atoms with Crippen molar-refractivity contribution in [1.29, 1.82) is 0 Å². The van der Waals surface area contributed by atoms with Gasteiger partial charge in [-0.05, 0) is 48.7 Å². The number of carboxylic acid groups (broad SMARTS) is 1. The summed E-state index contributed by atoms with van der Waals surface area (Å²) in [6.07, 6.45) is -3.55. The van der Waals surface area contributed by atoms with Crippen molar-refractivity contribution in [3.63, 3.8) is 0 Å². The van der Waals surface area contributed by atoms with Gasteiger partial charge in [0.05, 0.1) is 25.7 Å². The normalized spacial score (nSPS) is 18.1. The summed E-state index contributed by atoms with van der Waals surface area (Å²) < 4.78 is 43.1. The molecule has 232 valence electrons. The molecule has 1 saturated heterocycles. The Hall–Kier alpha value is -4.30. The molecule has 14 heteroatoms. The maximum absolute atomic E-state index is 13.4. The van der Waals surface area contributed by atoms with Crippen LogP contribution in [0.4, 0.5) is 13.2 Å². The Morgan fingerprint density at radius 3 is 2.49 bits per heavy atom. The molecule has 2 aromatic carbocycles. The molecule has 2 aliphatic heterocycles. The third-order valence-electron chi connectivity index (χ3n) is 7.59. The van der Waals surface area contributed by atoms with Gasteiger partial charge in [-0.1, -0.05) is 18.2 Å². The zero-order chi connectivity index (χ0) is 31.2. The minimum atomic E-state index is -5.08. The van der Waals surface area contributed by atoms with E-state index in [2.05, 4.69) is 21.3 Å². The molecule has 0 radical (unpaired) electrons. The van der Waals surface area contributed by atoms with Crippen LogP contribution in [0.2, 0.25) is 0 Å². The number of para-hydroxylation sites is 1. The lowest BCUT2D eigenvalue weighted by molar-refractivity contribution is -0.192. The highest BCUT2D eigenvalue weighted by Gasteiger charge is 2.50. The molecule has 1 spiro atoms. The van der Waals surface area contributed by atoms with E-state index in [9.17, 15) is 22.8 Å². The monoisotopic (exact) mass is 605 g/mol. The molecule has 43 heavy (non-hydrogen) atoms. The number of carbonyl (C=O) groups excluding carboxylic acids is 2. The minimum Gasteiger partial charge on any atom is -0.497 e. The van der Waals surface area contributed by atoms with Crippen LogP contribution in [0.25, 0.3) is 10.9 Å². The summed E-state index contributed by atoms with van der Waals surface area (Å²) >= 11 is 0. The molecule has 5 N–H and O–H groups in total. The van der Waals surface area contributed by atoms with Crippen LogP contribution in [0, 0.1) is 0 Å². The van der Waals surface area contributed by atoms with Crippen molar-refractivity contribution in [3.05, 3.63) is 59.8 Å². The number of alkyl halides is 3. The predicted molar refractivity (Wildman–Crippen MR) is 151 cm³/mol. The Morgan fingerprint density at radius 1 is 1.12 bits per heavy atom. The zero-order valence-corrected chi connectivity index (χ0v) is 23.6. The Balaban J connectivity index is 0.000000541. The van der Waals surface area contributed by atoms with Gasteiger partial charge in [0, 0.05) is 42.8 Å². The van der Waals surface area contributed by atoms with Crippen molar-refractivity contribution in [3.8, 4) is 11.5 Å². The average Bonchev–Trinajstić information content (AvgIpc) is 3.58. The number of H-pyrrole nitrogens is 1. The fraction of sp³-hybridized carbons (Fsp3) is 0.414. The summed E-state index contributed by atoms with van der Waals surface area (Å²) in [5.41, 5.74) is 8.28. The topological polar surface area (TPSA) is 150 Å². The number of amides is 2. The first-order valence-electron chi connectivity index (χ1n) is 13.6. The number of carboxylic acids is 1. The fourth-order valence-electron chi connectivity index (χ4n) is 5.58. The second-order valence-corrected chi connectivity index (χ2v) is 10.2. The lowest BCUT2D eigenvalue weighted by atomic mass is 9.83. The van der Waals surface area contributed by atoms with Crippen LogP contribution in [-0.4, -0.2) is 96.8 Å². The van der Waals surface area contributed by atoms with Crippen LogP contribution in [0.3, 0.4) is 0 Å². The van der Waals surface area contributed by atoms with E-state index in [1.54, 1.807) is 7.11 Å². The fourth-order valence-corrected chi connectivity index (χ4v) is 5.58. The van der Waals surface area contributed by atoms with Gasteiger partial charge >= 0.3 is 12.1 Å². The van der Waals surface area contributed by atoms with Gasteiger partial charge in [0.1, 0.15) is 18.1 Å². The number of aliphatic carboxylic acids is 1. The lowest BCUT2D eigenvalue weighted by Gasteiger charge is -2.45. The van der Waals surface area contributed by atoms with Crippen LogP contribution in [0.15, 0.2) is 48.5 Å². The highest BCUT2D eigenvalue weighted by molar-refractivity contribution is 5.89. The Bertz CT molecular complexity index is 1450. The van der Waals surface area contributed by atoms with Crippen molar-refractivity contribution >= 4 is 28.7 Å². The van der Waals surface area contributed by atoms with Gasteiger partial charge < -0.3 is 35.5 Å². The van der Waals surface area contributed by atoms with E-state index in [-0.39, 0.29) is 24.9 Å². The van der Waals surface area contributed by atoms with Gasteiger partial charge in [0.25, 0.3) is 0 Å². The molecule has 3 aromatic rings. The minimum absolute atomic E-state index is 0.0573. The van der Waals surface area contributed by atoms with Gasteiger partial charge in [-0.15, -0.1) is 0 Å². The first kappa shape index (κ1) is 31.6. The number of aromatic amines is 1. The largest absolute Gasteiger partial charge is 0.497 e. The first-order chi connectivity index (χ1) is 20.5. The molecule has 5 rings (SSSR count). The van der Waals surface area contributed by atoms with Gasteiger partial charge in [0.15, 0.2) is 0 Å². The van der Waals surface area contributed by atoms with E-state index >= 15 is 0 Å². The van der Waals surface area contributed by atoms with Crippen molar-refractivity contribution < 1.29 is 42.1 Å². The van der Waals surface area contributed by atoms with Gasteiger partial charge in [-0.3, -0.25) is 14.5 Å². The molecule has 3 heterocycles. The second kappa shape index (κ2) is 13.3. The van der Waals surface area contributed by atoms with E-state index in [4.69, 9.17) is 25.1 Å². The third kappa shape index (κ3) is 7.20. The van der Waals surface area contributed by atoms with Crippen molar-refractivity contribution in [2.24, 2.45) is 5.73 Å². The number of benzene rings is 2. The third-order valence-corrected chi connectivity index (χ3v) is 7.59. The molecule has 1 aromatic heterocycles. The lowest BCUT2D eigenvalue weighted by Crippen LogP contribution is -2.57. The summed E-state index contributed by atoms with van der Waals surface area (Å²) in [6, 6.07) is 15.8. The quantitative estimate of drug-likeness (QED) is 0.306. The number of aromatic nitrogens is 1. The number of ether oxygens (including phenoxy) is 2. The number of methoxy groups -OCH3 is 1. The predicted octanol–water partition coefficient (Wildman–Crippen LogP) is 2.25. The average molecular weight is 606 g/mol. The van der Waals surface area contributed by atoms with Crippen LogP contribution >= 0.6 is 0 Å². The number of rotatable bonds is 8. The van der Waals surface area contributed by atoms with Crippen LogP contribution < -0.4 is 20.5 Å². The van der Waals surface area contributed by atoms with Gasteiger partial charge in [-0.2, -0.15) is 13.2 Å². The number of nitrogens with two attached hydrogens (primary N) is 1. The molecular formula is C29H34F3N5O6. The second-order valence-electron chi connectivity index (χ2n) is 10.2. The van der Waals surface area contributed by atoms with Crippen molar-refractivity contribution in [2.45, 2.75) is 24.6 Å². The highest BCUT2D eigenvalue weighted by atomic mass is 19.4. The Kier molecular flexibility index (Phi) is 9.81. The summed E-state index contributed by atoms with van der Waals surface area (Å²) in [6.45, 7) is 3.25. The number of nitrogens with one attached hydrogen (secondary N) is 2. The molecule has 0 saturated carbocycles. The molecule has 11 nitrogen and oxygen atoms in total. The standard InChI is InChI=1S/C27H33N5O4.C2HF3O2/c1-35-20-7-8-23-22(15-20)21-9-11-32(25(34)17-29-24(33)16-28)27(26(21)30-23)10-12-31(18-27)13-14-36-19-5-3-2-4-6-19;3-2(4,5)1(6)7/h2-8,15,30H,9-14,16-18,28H2,1H3,(H,29,33);(H,6,7). The summed E-state index contributed by atoms with van der Waals surface area (Å²) in [7, 11) is 1.67. The number of hydrogen-bond donors (Lipinski definition) is 4. The number of carbonyl (C=O) groups is 3. The summed E-state index contributed by atoms with van der Waals surface area (Å²) in [5.74, 6) is -1.52. The maximum atomic E-state index is 13.4. The number of likely N-dealkylation sites (tertiary alicyclic amines) is 1.